The molecule has 1 rings (SSSR count). The van der Waals surface area contributed by atoms with Crippen LogP contribution < -0.4 is 10.6 Å². The van der Waals surface area contributed by atoms with E-state index in [1.807, 2.05) is 13.0 Å². The van der Waals surface area contributed by atoms with Crippen LogP contribution in [-0.4, -0.2) is 59.4 Å². The largest absolute Gasteiger partial charge is 0.455 e. The Bertz CT molecular complexity index is 741. The highest BCUT2D eigenvalue weighted by Gasteiger charge is 2.21. The molecular formula is C33H60N2O6. The molecule has 41 heavy (non-hydrogen) atoms. The number of amides is 2. The van der Waals surface area contributed by atoms with E-state index < -0.39 is 24.0 Å². The first-order valence-electron chi connectivity index (χ1n) is 16.7. The van der Waals surface area contributed by atoms with Crippen molar-refractivity contribution in [3.05, 3.63) is 11.6 Å². The Morgan fingerprint density at radius 3 is 1.49 bits per heavy atom. The van der Waals surface area contributed by atoms with Gasteiger partial charge in [-0.25, -0.2) is 4.79 Å². The Hall–Kier alpha value is -1.93. The van der Waals surface area contributed by atoms with E-state index in [9.17, 15) is 24.6 Å². The summed E-state index contributed by atoms with van der Waals surface area (Å²) < 4.78 is 5.12. The second-order valence-electron chi connectivity index (χ2n) is 11.8. The van der Waals surface area contributed by atoms with Crippen molar-refractivity contribution >= 4 is 17.8 Å². The van der Waals surface area contributed by atoms with E-state index in [1.54, 1.807) is 0 Å². The molecule has 0 aliphatic carbocycles. The van der Waals surface area contributed by atoms with Gasteiger partial charge in [0.15, 0.2) is 0 Å². The van der Waals surface area contributed by atoms with Crippen LogP contribution in [0.2, 0.25) is 0 Å². The number of rotatable bonds is 27. The molecule has 0 aromatic carbocycles. The van der Waals surface area contributed by atoms with Crippen molar-refractivity contribution in [2.24, 2.45) is 0 Å². The average molecular weight is 581 g/mol. The first-order chi connectivity index (χ1) is 19.8. The minimum atomic E-state index is -1.02. The van der Waals surface area contributed by atoms with Gasteiger partial charge in [-0.2, -0.15) is 0 Å². The average Bonchev–Trinajstić information content (AvgIpc) is 3.28. The minimum absolute atomic E-state index is 0.0705. The molecule has 238 valence electrons. The number of esters is 1. The third-order valence-electron chi connectivity index (χ3n) is 7.82. The number of carbonyl (C=O) groups is 3. The van der Waals surface area contributed by atoms with Gasteiger partial charge in [-0.1, -0.05) is 116 Å². The lowest BCUT2D eigenvalue weighted by Gasteiger charge is -2.13. The maximum Gasteiger partial charge on any atom is 0.334 e. The van der Waals surface area contributed by atoms with Gasteiger partial charge in [0.1, 0.15) is 18.3 Å². The summed E-state index contributed by atoms with van der Waals surface area (Å²) in [5, 5.41) is 25.4. The Labute approximate surface area is 249 Å². The van der Waals surface area contributed by atoms with Gasteiger partial charge in [-0.15, -0.1) is 0 Å². The van der Waals surface area contributed by atoms with Crippen molar-refractivity contribution in [1.82, 2.24) is 10.6 Å². The molecule has 0 bridgehead atoms. The van der Waals surface area contributed by atoms with E-state index in [-0.39, 0.29) is 25.2 Å². The van der Waals surface area contributed by atoms with E-state index in [2.05, 4.69) is 17.6 Å². The van der Waals surface area contributed by atoms with E-state index in [4.69, 9.17) is 4.74 Å². The minimum Gasteiger partial charge on any atom is -0.455 e. The number of ether oxygens (including phenoxy) is 1. The Morgan fingerprint density at radius 1 is 0.707 bits per heavy atom. The van der Waals surface area contributed by atoms with Crippen molar-refractivity contribution in [3.63, 3.8) is 0 Å². The second-order valence-corrected chi connectivity index (χ2v) is 11.8. The first kappa shape index (κ1) is 37.1. The standard InChI is InChI=1S/C33H60N2O6/c1-3-4-5-6-7-13-16-19-22-29(36)31(38)34-24-25-35-32(39)30(37)23-20-17-14-11-9-8-10-12-15-18-21-28-26-27(2)41-33(28)40/h26-27,29-30,36-37H,3-25H2,1-2H3,(H,34,38)(H,35,39)/t27-,29-,30-/m0/s1. The summed E-state index contributed by atoms with van der Waals surface area (Å²) in [6, 6.07) is 0. The summed E-state index contributed by atoms with van der Waals surface area (Å²) in [7, 11) is 0. The van der Waals surface area contributed by atoms with Gasteiger partial charge in [-0.3, -0.25) is 9.59 Å². The predicted octanol–water partition coefficient (Wildman–Crippen LogP) is 6.02. The van der Waals surface area contributed by atoms with Crippen LogP contribution in [0.5, 0.6) is 0 Å². The fraction of sp³-hybridized carbons (Fsp3) is 0.848. The lowest BCUT2D eigenvalue weighted by molar-refractivity contribution is -0.139. The molecule has 0 radical (unpaired) electrons. The zero-order chi connectivity index (χ0) is 30.1. The zero-order valence-corrected chi connectivity index (χ0v) is 26.1. The lowest BCUT2D eigenvalue weighted by atomic mass is 10.0. The van der Waals surface area contributed by atoms with Crippen molar-refractivity contribution in [3.8, 4) is 0 Å². The highest BCUT2D eigenvalue weighted by atomic mass is 16.5. The maximum atomic E-state index is 12.1. The van der Waals surface area contributed by atoms with Gasteiger partial charge in [0.05, 0.1) is 0 Å². The molecule has 0 unspecified atom stereocenters. The van der Waals surface area contributed by atoms with Crippen molar-refractivity contribution in [1.29, 1.82) is 0 Å². The van der Waals surface area contributed by atoms with Crippen LogP contribution >= 0.6 is 0 Å². The van der Waals surface area contributed by atoms with Crippen LogP contribution in [0, 0.1) is 0 Å². The highest BCUT2D eigenvalue weighted by molar-refractivity contribution is 5.90. The van der Waals surface area contributed by atoms with E-state index in [0.29, 0.717) is 12.8 Å². The third kappa shape index (κ3) is 19.8. The van der Waals surface area contributed by atoms with Crippen LogP contribution in [0.25, 0.3) is 0 Å². The molecule has 1 aliphatic heterocycles. The summed E-state index contributed by atoms with van der Waals surface area (Å²) in [5.74, 6) is -0.954. The molecule has 0 saturated carbocycles. The van der Waals surface area contributed by atoms with E-state index in [0.717, 1.165) is 63.4 Å². The number of carbonyl (C=O) groups excluding carboxylic acids is 3. The zero-order valence-electron chi connectivity index (χ0n) is 26.1. The van der Waals surface area contributed by atoms with E-state index in [1.165, 1.54) is 64.2 Å². The van der Waals surface area contributed by atoms with Crippen LogP contribution in [0.3, 0.4) is 0 Å². The van der Waals surface area contributed by atoms with Crippen LogP contribution in [0.1, 0.15) is 149 Å². The molecule has 0 aromatic rings. The SMILES string of the molecule is CCCCCCCCCC[C@H](O)C(=O)NCCNC(=O)[C@@H](O)CCCCCCCCCCCCC1=C[C@H](C)OC1=O. The summed E-state index contributed by atoms with van der Waals surface area (Å²) in [4.78, 5) is 35.7. The van der Waals surface area contributed by atoms with Gasteiger partial charge in [0.25, 0.3) is 0 Å². The summed E-state index contributed by atoms with van der Waals surface area (Å²) in [6.07, 6.45) is 22.0. The van der Waals surface area contributed by atoms with Crippen LogP contribution in [0.15, 0.2) is 11.6 Å². The molecule has 1 heterocycles. The number of hydrogen-bond donors (Lipinski definition) is 4. The molecule has 0 saturated heterocycles. The van der Waals surface area contributed by atoms with Crippen LogP contribution in [0.4, 0.5) is 0 Å². The highest BCUT2D eigenvalue weighted by Crippen LogP contribution is 2.20. The first-order valence-corrected chi connectivity index (χ1v) is 16.7. The fourth-order valence-electron chi connectivity index (χ4n) is 5.22. The molecule has 0 spiro atoms. The van der Waals surface area contributed by atoms with Crippen molar-refractivity contribution < 1.29 is 29.3 Å². The van der Waals surface area contributed by atoms with Gasteiger partial charge < -0.3 is 25.6 Å². The van der Waals surface area contributed by atoms with Crippen LogP contribution in [-0.2, 0) is 19.1 Å². The number of unbranched alkanes of at least 4 members (excludes halogenated alkanes) is 16. The normalized spacial score (nSPS) is 16.2. The molecule has 1 aliphatic rings. The number of aliphatic hydroxyl groups excluding tert-OH is 2. The molecule has 8 heteroatoms. The molecule has 4 N–H and O–H groups in total. The number of aliphatic hydroxyl groups is 2. The predicted molar refractivity (Wildman–Crippen MR) is 164 cm³/mol. The summed E-state index contributed by atoms with van der Waals surface area (Å²) >= 11 is 0. The summed E-state index contributed by atoms with van der Waals surface area (Å²) in [6.45, 7) is 4.56. The van der Waals surface area contributed by atoms with Gasteiger partial charge in [0, 0.05) is 18.7 Å². The third-order valence-corrected chi connectivity index (χ3v) is 7.82. The van der Waals surface area contributed by atoms with E-state index >= 15 is 0 Å². The van der Waals surface area contributed by atoms with Gasteiger partial charge in [-0.05, 0) is 38.7 Å². The Balaban J connectivity index is 1.88. The van der Waals surface area contributed by atoms with Gasteiger partial charge >= 0.3 is 5.97 Å². The van der Waals surface area contributed by atoms with Crippen molar-refractivity contribution in [2.45, 2.75) is 167 Å². The second kappa shape index (κ2) is 24.6. The Morgan fingerprint density at radius 2 is 1.10 bits per heavy atom. The quantitative estimate of drug-likeness (QED) is 0.0695. The van der Waals surface area contributed by atoms with Gasteiger partial charge in [0.2, 0.25) is 11.8 Å². The number of cyclic esters (lactones) is 1. The summed E-state index contributed by atoms with van der Waals surface area (Å²) in [5.41, 5.74) is 0.837. The molecule has 3 atom stereocenters. The topological polar surface area (TPSA) is 125 Å². The Kier molecular flexibility index (Phi) is 22.3. The number of hydrogen-bond acceptors (Lipinski definition) is 6. The fourth-order valence-corrected chi connectivity index (χ4v) is 5.22. The smallest absolute Gasteiger partial charge is 0.334 e. The lowest BCUT2D eigenvalue weighted by Crippen LogP contribution is -2.42. The monoisotopic (exact) mass is 580 g/mol. The molecule has 8 nitrogen and oxygen atoms in total. The maximum absolute atomic E-state index is 12.1. The number of nitrogens with one attached hydrogen (secondary N) is 2. The molecular weight excluding hydrogens is 520 g/mol. The molecule has 0 aromatic heterocycles. The van der Waals surface area contributed by atoms with Crippen molar-refractivity contribution in [2.75, 3.05) is 13.1 Å². The molecule has 0 fully saturated rings. The molecule has 2 amide bonds.